The molecular formula is C14H30N2O2S. The maximum atomic E-state index is 12.4. The van der Waals surface area contributed by atoms with Crippen molar-refractivity contribution in [3.8, 4) is 0 Å². The van der Waals surface area contributed by atoms with Crippen LogP contribution in [0.2, 0.25) is 0 Å². The second-order valence-electron chi connectivity index (χ2n) is 6.60. The summed E-state index contributed by atoms with van der Waals surface area (Å²) in [6.45, 7) is 12.1. The Bertz CT molecular complexity index is 365. The normalized spacial score (nSPS) is 21.5. The highest BCUT2D eigenvalue weighted by Crippen LogP contribution is 2.27. The number of hydrogen-bond acceptors (Lipinski definition) is 3. The van der Waals surface area contributed by atoms with E-state index in [9.17, 15) is 8.42 Å². The lowest BCUT2D eigenvalue weighted by Gasteiger charge is -2.37. The van der Waals surface area contributed by atoms with Gasteiger partial charge in [-0.05, 0) is 59.4 Å². The van der Waals surface area contributed by atoms with E-state index >= 15 is 0 Å². The number of nitrogens with one attached hydrogen (secondary N) is 1. The second kappa shape index (κ2) is 6.55. The Kier molecular flexibility index (Phi) is 5.83. The van der Waals surface area contributed by atoms with Crippen LogP contribution in [0.4, 0.5) is 0 Å². The van der Waals surface area contributed by atoms with Gasteiger partial charge in [-0.3, -0.25) is 0 Å². The Morgan fingerprint density at radius 1 is 1.26 bits per heavy atom. The highest BCUT2D eigenvalue weighted by atomic mass is 32.2. The molecule has 1 saturated heterocycles. The Morgan fingerprint density at radius 2 is 1.79 bits per heavy atom. The predicted molar refractivity (Wildman–Crippen MR) is 80.7 cm³/mol. The van der Waals surface area contributed by atoms with Crippen molar-refractivity contribution in [1.82, 2.24) is 9.62 Å². The summed E-state index contributed by atoms with van der Waals surface area (Å²) < 4.78 is 25.7. The summed E-state index contributed by atoms with van der Waals surface area (Å²) in [6, 6.07) is 0.486. The number of piperidine rings is 1. The van der Waals surface area contributed by atoms with Crippen LogP contribution in [0.1, 0.15) is 53.9 Å². The lowest BCUT2D eigenvalue weighted by atomic mass is 9.91. The van der Waals surface area contributed by atoms with Gasteiger partial charge in [0, 0.05) is 19.1 Å². The van der Waals surface area contributed by atoms with E-state index in [1.165, 1.54) is 0 Å². The number of hydrogen-bond donors (Lipinski definition) is 1. The molecule has 0 bridgehead atoms. The van der Waals surface area contributed by atoms with E-state index in [1.807, 2.05) is 0 Å². The zero-order valence-electron chi connectivity index (χ0n) is 13.1. The van der Waals surface area contributed by atoms with E-state index in [1.54, 1.807) is 25.1 Å². The Balaban J connectivity index is 2.54. The smallest absolute Gasteiger partial charge is 0.219 e. The van der Waals surface area contributed by atoms with Crippen LogP contribution in [0.15, 0.2) is 0 Å². The first kappa shape index (κ1) is 16.9. The van der Waals surface area contributed by atoms with Crippen molar-refractivity contribution in [2.75, 3.05) is 19.6 Å². The van der Waals surface area contributed by atoms with Crippen LogP contribution in [-0.2, 0) is 10.0 Å². The highest BCUT2D eigenvalue weighted by Gasteiger charge is 2.37. The third-order valence-electron chi connectivity index (χ3n) is 4.04. The summed E-state index contributed by atoms with van der Waals surface area (Å²) in [6.07, 6.45) is 3.07. The molecule has 5 heteroatoms. The summed E-state index contributed by atoms with van der Waals surface area (Å²) in [7, 11) is -3.15. The van der Waals surface area contributed by atoms with Crippen LogP contribution in [-0.4, -0.2) is 43.1 Å². The van der Waals surface area contributed by atoms with Gasteiger partial charge in [-0.1, -0.05) is 6.92 Å². The van der Waals surface area contributed by atoms with Crippen molar-refractivity contribution in [2.45, 2.75) is 64.7 Å². The van der Waals surface area contributed by atoms with E-state index in [-0.39, 0.29) is 0 Å². The molecule has 0 amide bonds. The molecule has 0 radical (unpaired) electrons. The maximum Gasteiger partial charge on any atom is 0.219 e. The average molecular weight is 290 g/mol. The first-order valence-electron chi connectivity index (χ1n) is 7.43. The van der Waals surface area contributed by atoms with Crippen LogP contribution in [0.5, 0.6) is 0 Å². The molecule has 0 aromatic carbocycles. The van der Waals surface area contributed by atoms with E-state index in [0.717, 1.165) is 25.8 Å². The zero-order chi connectivity index (χ0) is 14.7. The molecule has 1 heterocycles. The fourth-order valence-electron chi connectivity index (χ4n) is 2.54. The van der Waals surface area contributed by atoms with Gasteiger partial charge in [0.25, 0.3) is 0 Å². The minimum absolute atomic E-state index is 0.486. The molecule has 0 saturated carbocycles. The molecule has 114 valence electrons. The largest absolute Gasteiger partial charge is 0.314 e. The molecule has 19 heavy (non-hydrogen) atoms. The lowest BCUT2D eigenvalue weighted by molar-refractivity contribution is 0.228. The Morgan fingerprint density at radius 3 is 2.21 bits per heavy atom. The van der Waals surface area contributed by atoms with Crippen molar-refractivity contribution in [3.05, 3.63) is 0 Å². The second-order valence-corrected chi connectivity index (χ2v) is 9.29. The summed E-state index contributed by atoms with van der Waals surface area (Å²) in [5, 5.41) is 3.52. The van der Waals surface area contributed by atoms with E-state index in [0.29, 0.717) is 25.0 Å². The fourth-order valence-corrected chi connectivity index (χ4v) is 4.01. The SMILES string of the molecule is CCCNC(C)C1CCN(S(=O)(=O)C(C)(C)C)CC1. The molecule has 0 aromatic rings. The highest BCUT2D eigenvalue weighted by molar-refractivity contribution is 7.90. The van der Waals surface area contributed by atoms with Gasteiger partial charge in [-0.25, -0.2) is 12.7 Å². The topological polar surface area (TPSA) is 49.4 Å². The molecule has 0 aliphatic carbocycles. The summed E-state index contributed by atoms with van der Waals surface area (Å²) in [4.78, 5) is 0. The molecular weight excluding hydrogens is 260 g/mol. The third-order valence-corrected chi connectivity index (χ3v) is 6.63. The van der Waals surface area contributed by atoms with Gasteiger partial charge in [0.15, 0.2) is 0 Å². The summed E-state index contributed by atoms with van der Waals surface area (Å²) >= 11 is 0. The molecule has 1 atom stereocenters. The van der Waals surface area contributed by atoms with E-state index < -0.39 is 14.8 Å². The molecule has 1 rings (SSSR count). The first-order chi connectivity index (χ1) is 8.70. The van der Waals surface area contributed by atoms with Crippen LogP contribution in [0, 0.1) is 5.92 Å². The Hall–Kier alpha value is -0.130. The minimum atomic E-state index is -3.15. The van der Waals surface area contributed by atoms with Crippen LogP contribution >= 0.6 is 0 Å². The number of rotatable bonds is 5. The summed E-state index contributed by atoms with van der Waals surface area (Å²) in [5.41, 5.74) is 0. The van der Waals surface area contributed by atoms with Crippen molar-refractivity contribution < 1.29 is 8.42 Å². The predicted octanol–water partition coefficient (Wildman–Crippen LogP) is 2.21. The Labute approximate surface area is 119 Å². The molecule has 0 aromatic heterocycles. The van der Waals surface area contributed by atoms with E-state index in [2.05, 4.69) is 19.2 Å². The molecule has 1 N–H and O–H groups in total. The number of sulfonamides is 1. The van der Waals surface area contributed by atoms with Gasteiger partial charge in [-0.2, -0.15) is 0 Å². The van der Waals surface area contributed by atoms with Crippen molar-refractivity contribution in [3.63, 3.8) is 0 Å². The maximum absolute atomic E-state index is 12.4. The molecule has 1 fully saturated rings. The molecule has 4 nitrogen and oxygen atoms in total. The first-order valence-corrected chi connectivity index (χ1v) is 8.87. The standard InChI is InChI=1S/C14H30N2O2S/c1-6-9-15-12(2)13-7-10-16(11-8-13)19(17,18)14(3,4)5/h12-13,15H,6-11H2,1-5H3. The lowest BCUT2D eigenvalue weighted by Crippen LogP contribution is -2.49. The zero-order valence-corrected chi connectivity index (χ0v) is 13.9. The van der Waals surface area contributed by atoms with E-state index in [4.69, 9.17) is 0 Å². The molecule has 1 aliphatic rings. The molecule has 0 spiro atoms. The van der Waals surface area contributed by atoms with Crippen molar-refractivity contribution in [1.29, 1.82) is 0 Å². The van der Waals surface area contributed by atoms with Crippen LogP contribution in [0.3, 0.4) is 0 Å². The average Bonchev–Trinajstić information content (AvgIpc) is 2.34. The monoisotopic (exact) mass is 290 g/mol. The summed E-state index contributed by atoms with van der Waals surface area (Å²) in [5.74, 6) is 0.595. The van der Waals surface area contributed by atoms with Crippen LogP contribution < -0.4 is 5.32 Å². The molecule has 1 aliphatic heterocycles. The van der Waals surface area contributed by atoms with Gasteiger partial charge < -0.3 is 5.32 Å². The minimum Gasteiger partial charge on any atom is -0.314 e. The van der Waals surface area contributed by atoms with Gasteiger partial charge >= 0.3 is 0 Å². The van der Waals surface area contributed by atoms with Gasteiger partial charge in [0.2, 0.25) is 10.0 Å². The number of nitrogens with zero attached hydrogens (tertiary/aromatic N) is 1. The third kappa shape index (κ3) is 4.17. The van der Waals surface area contributed by atoms with Gasteiger partial charge in [0.05, 0.1) is 4.75 Å². The van der Waals surface area contributed by atoms with Gasteiger partial charge in [0.1, 0.15) is 0 Å². The molecule has 1 unspecified atom stereocenters. The quantitative estimate of drug-likeness (QED) is 0.844. The van der Waals surface area contributed by atoms with Gasteiger partial charge in [-0.15, -0.1) is 0 Å². The fraction of sp³-hybridized carbons (Fsp3) is 1.00. The van der Waals surface area contributed by atoms with Crippen molar-refractivity contribution in [2.24, 2.45) is 5.92 Å². The van der Waals surface area contributed by atoms with Crippen LogP contribution in [0.25, 0.3) is 0 Å². The van der Waals surface area contributed by atoms with Crippen molar-refractivity contribution >= 4 is 10.0 Å².